The minimum Gasteiger partial charge on any atom is -0.488 e. The van der Waals surface area contributed by atoms with Crippen molar-refractivity contribution in [3.63, 3.8) is 0 Å². The summed E-state index contributed by atoms with van der Waals surface area (Å²) in [5.74, 6) is 0.826. The smallest absolute Gasteiger partial charge is 0.127 e. The minimum atomic E-state index is 0.437. The van der Waals surface area contributed by atoms with Crippen LogP contribution in [0.25, 0.3) is 0 Å². The molecule has 0 fully saturated rings. The number of nitrogens with zero attached hydrogens (tertiary/aromatic N) is 1. The van der Waals surface area contributed by atoms with Gasteiger partial charge >= 0.3 is 0 Å². The van der Waals surface area contributed by atoms with Crippen molar-refractivity contribution in [2.24, 2.45) is 5.73 Å². The van der Waals surface area contributed by atoms with E-state index in [0.717, 1.165) is 32.7 Å². The molecule has 1 aromatic carbocycles. The quantitative estimate of drug-likeness (QED) is 0.937. The molecule has 0 bridgehead atoms. The first-order valence-corrected chi connectivity index (χ1v) is 6.94. The molecule has 19 heavy (non-hydrogen) atoms. The molecule has 1 heterocycles. The van der Waals surface area contributed by atoms with Gasteiger partial charge in [-0.3, -0.25) is 4.98 Å². The summed E-state index contributed by atoms with van der Waals surface area (Å²) < 4.78 is 6.94. The van der Waals surface area contributed by atoms with Crippen LogP contribution >= 0.6 is 15.9 Å². The second kappa shape index (κ2) is 6.17. The molecule has 0 saturated carbocycles. The summed E-state index contributed by atoms with van der Waals surface area (Å²) in [6, 6.07) is 10.0. The lowest BCUT2D eigenvalue weighted by atomic mass is 10.1. The maximum atomic E-state index is 5.89. The largest absolute Gasteiger partial charge is 0.488 e. The first kappa shape index (κ1) is 14.0. The fourth-order valence-electron chi connectivity index (χ4n) is 1.98. The molecule has 2 rings (SSSR count). The van der Waals surface area contributed by atoms with Crippen molar-refractivity contribution in [2.45, 2.75) is 27.0 Å². The summed E-state index contributed by atoms with van der Waals surface area (Å²) in [6.07, 6.45) is 0. The third-order valence-electron chi connectivity index (χ3n) is 2.91. The number of hydrogen-bond acceptors (Lipinski definition) is 3. The molecule has 0 aliphatic carbocycles. The number of rotatable bonds is 4. The van der Waals surface area contributed by atoms with E-state index in [1.165, 1.54) is 0 Å². The third-order valence-corrected chi connectivity index (χ3v) is 3.40. The topological polar surface area (TPSA) is 48.1 Å². The number of hydrogen-bond donors (Lipinski definition) is 1. The second-order valence-corrected chi connectivity index (χ2v) is 5.36. The van der Waals surface area contributed by atoms with Gasteiger partial charge in [0, 0.05) is 34.0 Å². The predicted octanol–water partition coefficient (Wildman–Crippen LogP) is 3.50. The number of benzene rings is 1. The molecule has 0 unspecified atom stereocenters. The Kier molecular flexibility index (Phi) is 4.56. The second-order valence-electron chi connectivity index (χ2n) is 4.45. The number of ether oxygens (including phenoxy) is 1. The molecule has 0 radical (unpaired) electrons. The van der Waals surface area contributed by atoms with Gasteiger partial charge in [0.15, 0.2) is 0 Å². The normalized spacial score (nSPS) is 10.5. The van der Waals surface area contributed by atoms with E-state index in [1.54, 1.807) is 0 Å². The molecule has 100 valence electrons. The molecule has 0 aliphatic rings. The maximum absolute atomic E-state index is 5.89. The highest BCUT2D eigenvalue weighted by Crippen LogP contribution is 2.23. The predicted molar refractivity (Wildman–Crippen MR) is 80.1 cm³/mol. The lowest BCUT2D eigenvalue weighted by molar-refractivity contribution is 0.302. The SMILES string of the molecule is Cc1cc(OCc2cccc(Br)c2)c(CN)c(C)n1. The van der Waals surface area contributed by atoms with Gasteiger partial charge in [-0.05, 0) is 31.5 Å². The summed E-state index contributed by atoms with van der Waals surface area (Å²) in [7, 11) is 0. The van der Waals surface area contributed by atoms with Crippen LogP contribution in [-0.2, 0) is 13.2 Å². The Bertz CT molecular complexity index is 584. The fourth-order valence-corrected chi connectivity index (χ4v) is 2.43. The molecule has 0 spiro atoms. The summed E-state index contributed by atoms with van der Waals surface area (Å²) in [5, 5.41) is 0. The van der Waals surface area contributed by atoms with Crippen LogP contribution in [0.15, 0.2) is 34.8 Å². The zero-order valence-corrected chi connectivity index (χ0v) is 12.7. The molecule has 1 aromatic heterocycles. The van der Waals surface area contributed by atoms with Crippen LogP contribution in [0.1, 0.15) is 22.5 Å². The fraction of sp³-hybridized carbons (Fsp3) is 0.267. The lowest BCUT2D eigenvalue weighted by Crippen LogP contribution is -2.07. The van der Waals surface area contributed by atoms with Crippen molar-refractivity contribution in [1.29, 1.82) is 0 Å². The highest BCUT2D eigenvalue weighted by atomic mass is 79.9. The summed E-state index contributed by atoms with van der Waals surface area (Å²) in [6.45, 7) is 4.88. The van der Waals surface area contributed by atoms with Crippen LogP contribution in [0.3, 0.4) is 0 Å². The monoisotopic (exact) mass is 320 g/mol. The van der Waals surface area contributed by atoms with E-state index >= 15 is 0 Å². The minimum absolute atomic E-state index is 0.437. The number of nitrogens with two attached hydrogens (primary N) is 1. The number of aryl methyl sites for hydroxylation is 2. The summed E-state index contributed by atoms with van der Waals surface area (Å²) in [4.78, 5) is 4.41. The van der Waals surface area contributed by atoms with Crippen LogP contribution in [-0.4, -0.2) is 4.98 Å². The van der Waals surface area contributed by atoms with Gasteiger partial charge in [0.05, 0.1) is 0 Å². The first-order valence-electron chi connectivity index (χ1n) is 6.14. The molecule has 2 aromatic rings. The van der Waals surface area contributed by atoms with Gasteiger partial charge in [0.1, 0.15) is 12.4 Å². The van der Waals surface area contributed by atoms with Crippen molar-refractivity contribution in [3.8, 4) is 5.75 Å². The maximum Gasteiger partial charge on any atom is 0.127 e. The van der Waals surface area contributed by atoms with Gasteiger partial charge in [0.2, 0.25) is 0 Å². The van der Waals surface area contributed by atoms with Gasteiger partial charge in [-0.1, -0.05) is 28.1 Å². The van der Waals surface area contributed by atoms with Gasteiger partial charge in [-0.25, -0.2) is 0 Å². The van der Waals surface area contributed by atoms with Crippen molar-refractivity contribution < 1.29 is 4.74 Å². The highest BCUT2D eigenvalue weighted by Gasteiger charge is 2.08. The van der Waals surface area contributed by atoms with E-state index in [0.29, 0.717) is 13.2 Å². The average molecular weight is 321 g/mol. The van der Waals surface area contributed by atoms with E-state index in [9.17, 15) is 0 Å². The number of aromatic nitrogens is 1. The molecular formula is C15H17BrN2O. The van der Waals surface area contributed by atoms with Gasteiger partial charge in [0.25, 0.3) is 0 Å². The Hall–Kier alpha value is -1.39. The van der Waals surface area contributed by atoms with E-state index in [-0.39, 0.29) is 0 Å². The summed E-state index contributed by atoms with van der Waals surface area (Å²) in [5.41, 5.74) is 9.74. The molecule has 0 saturated heterocycles. The molecule has 0 atom stereocenters. The van der Waals surface area contributed by atoms with E-state index < -0.39 is 0 Å². The third kappa shape index (κ3) is 3.55. The average Bonchev–Trinajstić information content (AvgIpc) is 2.36. The molecule has 0 aliphatic heterocycles. The number of pyridine rings is 1. The highest BCUT2D eigenvalue weighted by molar-refractivity contribution is 9.10. The van der Waals surface area contributed by atoms with Crippen LogP contribution < -0.4 is 10.5 Å². The van der Waals surface area contributed by atoms with Crippen molar-refractivity contribution in [1.82, 2.24) is 4.98 Å². The Morgan fingerprint density at radius 1 is 1.26 bits per heavy atom. The Morgan fingerprint density at radius 2 is 2.05 bits per heavy atom. The van der Waals surface area contributed by atoms with Crippen LogP contribution in [0, 0.1) is 13.8 Å². The molecule has 3 nitrogen and oxygen atoms in total. The first-order chi connectivity index (χ1) is 9.10. The van der Waals surface area contributed by atoms with Crippen molar-refractivity contribution >= 4 is 15.9 Å². The molecule has 4 heteroatoms. The number of halogens is 1. The van der Waals surface area contributed by atoms with Crippen LogP contribution in [0.5, 0.6) is 5.75 Å². The molecular weight excluding hydrogens is 304 g/mol. The van der Waals surface area contributed by atoms with Gasteiger partial charge in [-0.2, -0.15) is 0 Å². The summed E-state index contributed by atoms with van der Waals surface area (Å²) >= 11 is 3.45. The Labute approximate surface area is 121 Å². The molecule has 2 N–H and O–H groups in total. The lowest BCUT2D eigenvalue weighted by Gasteiger charge is -2.13. The van der Waals surface area contributed by atoms with Gasteiger partial charge < -0.3 is 10.5 Å². The van der Waals surface area contributed by atoms with E-state index in [1.807, 2.05) is 44.2 Å². The zero-order valence-electron chi connectivity index (χ0n) is 11.1. The standard InChI is InChI=1S/C15H17BrN2O/c1-10-6-15(14(8-17)11(2)18-10)19-9-12-4-3-5-13(16)7-12/h3-7H,8-9,17H2,1-2H3. The van der Waals surface area contributed by atoms with Crippen molar-refractivity contribution in [3.05, 3.63) is 57.3 Å². The zero-order chi connectivity index (χ0) is 13.8. The van der Waals surface area contributed by atoms with E-state index in [2.05, 4.69) is 20.9 Å². The van der Waals surface area contributed by atoms with Crippen LogP contribution in [0.4, 0.5) is 0 Å². The van der Waals surface area contributed by atoms with Gasteiger partial charge in [-0.15, -0.1) is 0 Å². The Morgan fingerprint density at radius 3 is 2.74 bits per heavy atom. The van der Waals surface area contributed by atoms with Crippen molar-refractivity contribution in [2.75, 3.05) is 0 Å². The Balaban J connectivity index is 2.19. The van der Waals surface area contributed by atoms with E-state index in [4.69, 9.17) is 10.5 Å². The molecule has 0 amide bonds. The van der Waals surface area contributed by atoms with Crippen LogP contribution in [0.2, 0.25) is 0 Å².